The van der Waals surface area contributed by atoms with Crippen LogP contribution in [0.4, 0.5) is 0 Å². The van der Waals surface area contributed by atoms with Gasteiger partial charge in [0.15, 0.2) is 5.78 Å². The van der Waals surface area contributed by atoms with Gasteiger partial charge in [-0.2, -0.15) is 0 Å². The first kappa shape index (κ1) is 21.3. The highest BCUT2D eigenvalue weighted by Gasteiger charge is 2.52. The average Bonchev–Trinajstić information content (AvgIpc) is 3.16. The number of aryl methyl sites for hydroxylation is 2. The minimum absolute atomic E-state index is 0.169. The van der Waals surface area contributed by atoms with Crippen LogP contribution in [0.25, 0.3) is 5.57 Å². The van der Waals surface area contributed by atoms with Crippen LogP contribution >= 0.6 is 15.9 Å². The molecule has 0 unspecified atom stereocenters. The molecular weight excluding hydrogens is 416 g/mol. The Hall–Kier alpha value is -1.39. The van der Waals surface area contributed by atoms with Crippen molar-refractivity contribution in [3.63, 3.8) is 0 Å². The second-order valence-corrected chi connectivity index (χ2v) is 9.40. The number of Topliss-reactive ketones (excluding diaryl/α,β-unsaturated/α-hetero) is 1. The molecule has 152 valence electrons. The summed E-state index contributed by atoms with van der Waals surface area (Å²) in [6.07, 6.45) is 4.21. The van der Waals surface area contributed by atoms with Crippen LogP contribution in [0.1, 0.15) is 63.1 Å². The van der Waals surface area contributed by atoms with E-state index in [1.807, 2.05) is 0 Å². The maximum Gasteiger partial charge on any atom is 0.167 e. The second kappa shape index (κ2) is 8.16. The number of methoxy groups -OCH3 is 1. The Kier molecular flexibility index (Phi) is 6.21. The van der Waals surface area contributed by atoms with E-state index in [1.54, 1.807) is 7.11 Å². The number of halogens is 1. The van der Waals surface area contributed by atoms with Crippen molar-refractivity contribution >= 4 is 27.3 Å². The van der Waals surface area contributed by atoms with E-state index in [9.17, 15) is 4.79 Å². The van der Waals surface area contributed by atoms with Gasteiger partial charge in [-0.3, -0.25) is 4.79 Å². The number of carbonyl (C=O) groups excluding carboxylic acids is 1. The quantitative estimate of drug-likeness (QED) is 0.475. The standard InChI is InChI=1S/C24H31BrO3/c1-7-17-10-15(4)11-19(25)21(17)22-20(26)13-24(9-8-18(12-24)27-6)23(22)28-16(5)14(2)3/h10-11,14,18H,5,7-9,12-13H2,1-4,6H3/t18-,24-/m1/s1. The molecule has 0 amide bonds. The number of carbonyl (C=O) groups is 1. The lowest BCUT2D eigenvalue weighted by atomic mass is 9.83. The summed E-state index contributed by atoms with van der Waals surface area (Å²) in [4.78, 5) is 13.4. The summed E-state index contributed by atoms with van der Waals surface area (Å²) in [7, 11) is 1.75. The molecule has 4 heteroatoms. The molecule has 0 N–H and O–H groups in total. The van der Waals surface area contributed by atoms with Gasteiger partial charge in [-0.05, 0) is 49.8 Å². The van der Waals surface area contributed by atoms with Crippen molar-refractivity contribution in [1.29, 1.82) is 0 Å². The first-order valence-corrected chi connectivity index (χ1v) is 11.0. The lowest BCUT2D eigenvalue weighted by Crippen LogP contribution is -2.21. The molecule has 1 aromatic carbocycles. The van der Waals surface area contributed by atoms with E-state index in [2.05, 4.69) is 62.3 Å². The highest BCUT2D eigenvalue weighted by molar-refractivity contribution is 9.10. The predicted octanol–water partition coefficient (Wildman–Crippen LogP) is 6.38. The third kappa shape index (κ3) is 3.73. The fourth-order valence-electron chi connectivity index (χ4n) is 4.55. The number of ketones is 1. The number of hydrogen-bond donors (Lipinski definition) is 0. The molecule has 0 radical (unpaired) electrons. The van der Waals surface area contributed by atoms with Gasteiger partial charge in [0.2, 0.25) is 0 Å². The normalized spacial score (nSPS) is 24.7. The molecule has 3 nitrogen and oxygen atoms in total. The Balaban J connectivity index is 2.21. The summed E-state index contributed by atoms with van der Waals surface area (Å²) in [5.41, 5.74) is 3.80. The van der Waals surface area contributed by atoms with Crippen molar-refractivity contribution < 1.29 is 14.3 Å². The van der Waals surface area contributed by atoms with Gasteiger partial charge in [0, 0.05) is 34.9 Å². The summed E-state index contributed by atoms with van der Waals surface area (Å²) in [6.45, 7) is 12.5. The molecule has 1 saturated carbocycles. The lowest BCUT2D eigenvalue weighted by Gasteiger charge is -2.28. The monoisotopic (exact) mass is 446 g/mol. The fourth-order valence-corrected chi connectivity index (χ4v) is 5.36. The van der Waals surface area contributed by atoms with E-state index in [0.717, 1.165) is 47.1 Å². The maximum atomic E-state index is 13.4. The van der Waals surface area contributed by atoms with Gasteiger partial charge in [0.1, 0.15) is 5.76 Å². The van der Waals surface area contributed by atoms with Gasteiger partial charge in [-0.25, -0.2) is 0 Å². The molecule has 0 aromatic heterocycles. The van der Waals surface area contributed by atoms with Crippen molar-refractivity contribution in [1.82, 2.24) is 0 Å². The maximum absolute atomic E-state index is 13.4. The van der Waals surface area contributed by atoms with E-state index in [1.165, 1.54) is 11.1 Å². The Bertz CT molecular complexity index is 836. The van der Waals surface area contributed by atoms with Crippen LogP contribution in [0.3, 0.4) is 0 Å². The molecule has 1 fully saturated rings. The van der Waals surface area contributed by atoms with Crippen molar-refractivity contribution in [3.05, 3.63) is 51.4 Å². The molecule has 0 heterocycles. The van der Waals surface area contributed by atoms with Crippen molar-refractivity contribution in [2.45, 2.75) is 65.9 Å². The SMILES string of the molecule is C=C(OC1=C(c2c(Br)cc(C)cc2CC)C(=O)C[C@]12CC[C@@H](OC)C2)C(C)C. The van der Waals surface area contributed by atoms with Crippen molar-refractivity contribution in [3.8, 4) is 0 Å². The van der Waals surface area contributed by atoms with Crippen LogP contribution in [0, 0.1) is 18.3 Å². The Morgan fingerprint density at radius 3 is 2.68 bits per heavy atom. The number of allylic oxidation sites excluding steroid dienone is 3. The minimum atomic E-state index is -0.278. The summed E-state index contributed by atoms with van der Waals surface area (Å²) < 4.78 is 13.0. The zero-order valence-corrected chi connectivity index (χ0v) is 19.2. The third-order valence-corrected chi connectivity index (χ3v) is 6.83. The van der Waals surface area contributed by atoms with Gasteiger partial charge in [-0.15, -0.1) is 0 Å². The highest BCUT2D eigenvalue weighted by atomic mass is 79.9. The third-order valence-electron chi connectivity index (χ3n) is 6.21. The first-order chi connectivity index (χ1) is 13.2. The van der Waals surface area contributed by atoms with E-state index in [0.29, 0.717) is 12.2 Å². The van der Waals surface area contributed by atoms with Gasteiger partial charge >= 0.3 is 0 Å². The predicted molar refractivity (Wildman–Crippen MR) is 117 cm³/mol. The number of rotatable bonds is 6. The smallest absolute Gasteiger partial charge is 0.167 e. The summed E-state index contributed by atoms with van der Waals surface area (Å²) >= 11 is 3.73. The Labute approximate surface area is 177 Å². The molecule has 0 bridgehead atoms. The zero-order chi connectivity index (χ0) is 20.6. The summed E-state index contributed by atoms with van der Waals surface area (Å²) in [5.74, 6) is 1.88. The van der Waals surface area contributed by atoms with Crippen molar-refractivity contribution in [2.24, 2.45) is 11.3 Å². The molecule has 3 rings (SSSR count). The van der Waals surface area contributed by atoms with Crippen LogP contribution in [0.2, 0.25) is 0 Å². The molecule has 1 aromatic rings. The van der Waals surface area contributed by atoms with E-state index >= 15 is 0 Å². The number of hydrogen-bond acceptors (Lipinski definition) is 3. The topological polar surface area (TPSA) is 35.5 Å². The van der Waals surface area contributed by atoms with E-state index in [4.69, 9.17) is 9.47 Å². The molecular formula is C24H31BrO3. The summed E-state index contributed by atoms with van der Waals surface area (Å²) in [6, 6.07) is 4.26. The molecule has 2 atom stereocenters. The Morgan fingerprint density at radius 2 is 2.11 bits per heavy atom. The minimum Gasteiger partial charge on any atom is -0.465 e. The molecule has 0 saturated heterocycles. The number of ether oxygens (including phenoxy) is 2. The van der Waals surface area contributed by atoms with Gasteiger partial charge in [0.25, 0.3) is 0 Å². The van der Waals surface area contributed by atoms with Gasteiger partial charge < -0.3 is 9.47 Å². The number of benzene rings is 1. The molecule has 2 aliphatic carbocycles. The summed E-state index contributed by atoms with van der Waals surface area (Å²) in [5, 5.41) is 0. The Morgan fingerprint density at radius 1 is 1.39 bits per heavy atom. The highest BCUT2D eigenvalue weighted by Crippen LogP contribution is 2.57. The van der Waals surface area contributed by atoms with Crippen LogP contribution in [-0.2, 0) is 20.7 Å². The molecule has 0 aliphatic heterocycles. The van der Waals surface area contributed by atoms with Crippen LogP contribution < -0.4 is 0 Å². The van der Waals surface area contributed by atoms with Crippen LogP contribution in [-0.4, -0.2) is 19.0 Å². The molecule has 2 aliphatic rings. The van der Waals surface area contributed by atoms with E-state index in [-0.39, 0.29) is 23.2 Å². The first-order valence-electron chi connectivity index (χ1n) is 10.2. The van der Waals surface area contributed by atoms with Crippen LogP contribution in [0.15, 0.2) is 34.7 Å². The molecule has 1 spiro atoms. The largest absolute Gasteiger partial charge is 0.465 e. The zero-order valence-electron chi connectivity index (χ0n) is 17.7. The van der Waals surface area contributed by atoms with Crippen molar-refractivity contribution in [2.75, 3.05) is 7.11 Å². The van der Waals surface area contributed by atoms with Gasteiger partial charge in [0.05, 0.1) is 17.4 Å². The fraction of sp³-hybridized carbons (Fsp3) is 0.542. The molecule has 28 heavy (non-hydrogen) atoms. The average molecular weight is 447 g/mol. The van der Waals surface area contributed by atoms with Gasteiger partial charge in [-0.1, -0.05) is 49.3 Å². The van der Waals surface area contributed by atoms with E-state index < -0.39 is 0 Å². The second-order valence-electron chi connectivity index (χ2n) is 8.54. The lowest BCUT2D eigenvalue weighted by molar-refractivity contribution is -0.114. The van der Waals surface area contributed by atoms with Crippen LogP contribution in [0.5, 0.6) is 0 Å².